The number of anilines is 1. The first-order valence-corrected chi connectivity index (χ1v) is 6.58. The third kappa shape index (κ3) is 3.39. The van der Waals surface area contributed by atoms with Crippen LogP contribution in [0.3, 0.4) is 0 Å². The van der Waals surface area contributed by atoms with E-state index in [1.807, 2.05) is 0 Å². The predicted octanol–water partition coefficient (Wildman–Crippen LogP) is 4.63. The monoisotopic (exact) mass is 297 g/mol. The maximum atomic E-state index is 13.7. The van der Waals surface area contributed by atoms with Crippen LogP contribution in [-0.4, -0.2) is 6.61 Å². The molecule has 2 aromatic rings. The maximum absolute atomic E-state index is 13.7. The molecule has 2 aromatic carbocycles. The van der Waals surface area contributed by atoms with E-state index in [0.717, 1.165) is 0 Å². The molecule has 0 aliphatic rings. The zero-order valence-electron chi connectivity index (χ0n) is 10.9. The van der Waals surface area contributed by atoms with Crippen LogP contribution in [0.2, 0.25) is 5.02 Å². The highest BCUT2D eigenvalue weighted by molar-refractivity contribution is 6.30. The Morgan fingerprint density at radius 2 is 2.00 bits per heavy atom. The van der Waals surface area contributed by atoms with Gasteiger partial charge in [-0.1, -0.05) is 23.7 Å². The molecule has 0 aromatic heterocycles. The third-order valence-electron chi connectivity index (χ3n) is 2.75. The molecule has 0 bridgehead atoms. The summed E-state index contributed by atoms with van der Waals surface area (Å²) in [5.74, 6) is -0.719. The molecule has 0 fully saturated rings. The summed E-state index contributed by atoms with van der Waals surface area (Å²) in [5, 5.41) is 3.02. The van der Waals surface area contributed by atoms with Gasteiger partial charge in [0.25, 0.3) is 0 Å². The molecule has 0 spiro atoms. The molecule has 0 amide bonds. The Bertz CT molecular complexity index is 604. The number of halogens is 3. The highest BCUT2D eigenvalue weighted by Gasteiger charge is 2.07. The van der Waals surface area contributed by atoms with E-state index >= 15 is 0 Å². The first kappa shape index (κ1) is 14.6. The largest absolute Gasteiger partial charge is 0.491 e. The Morgan fingerprint density at radius 3 is 2.70 bits per heavy atom. The Hall–Kier alpha value is -1.81. The zero-order chi connectivity index (χ0) is 14.5. The molecular weight excluding hydrogens is 284 g/mol. The van der Waals surface area contributed by atoms with Gasteiger partial charge in [0.05, 0.1) is 11.6 Å². The molecule has 0 unspecified atom stereocenters. The lowest BCUT2D eigenvalue weighted by molar-refractivity contribution is 0.321. The van der Waals surface area contributed by atoms with E-state index in [9.17, 15) is 8.78 Å². The van der Waals surface area contributed by atoms with Crippen LogP contribution in [0.1, 0.15) is 12.5 Å². The first-order chi connectivity index (χ1) is 9.61. The minimum absolute atomic E-state index is 0.0715. The number of hydrogen-bond acceptors (Lipinski definition) is 2. The van der Waals surface area contributed by atoms with E-state index in [-0.39, 0.29) is 17.3 Å². The second-order valence-electron chi connectivity index (χ2n) is 4.14. The molecule has 2 rings (SSSR count). The van der Waals surface area contributed by atoms with Crippen LogP contribution in [0.5, 0.6) is 5.75 Å². The highest BCUT2D eigenvalue weighted by atomic mass is 35.5. The average molecular weight is 298 g/mol. The molecule has 0 heterocycles. The van der Waals surface area contributed by atoms with E-state index in [1.165, 1.54) is 18.2 Å². The minimum Gasteiger partial charge on any atom is -0.491 e. The fourth-order valence-corrected chi connectivity index (χ4v) is 1.96. The number of ether oxygens (including phenoxy) is 1. The molecule has 0 aliphatic heterocycles. The molecule has 5 heteroatoms. The van der Waals surface area contributed by atoms with E-state index in [0.29, 0.717) is 17.9 Å². The molecule has 0 aliphatic carbocycles. The number of hydrogen-bond donors (Lipinski definition) is 1. The summed E-state index contributed by atoms with van der Waals surface area (Å²) < 4.78 is 32.4. The molecule has 0 atom stereocenters. The van der Waals surface area contributed by atoms with E-state index in [1.54, 1.807) is 25.1 Å². The Labute approximate surface area is 121 Å². The van der Waals surface area contributed by atoms with Crippen LogP contribution in [0, 0.1) is 11.6 Å². The number of rotatable bonds is 5. The van der Waals surface area contributed by atoms with Crippen molar-refractivity contribution in [2.75, 3.05) is 11.9 Å². The number of benzene rings is 2. The topological polar surface area (TPSA) is 21.3 Å². The van der Waals surface area contributed by atoms with Gasteiger partial charge in [0.2, 0.25) is 0 Å². The Morgan fingerprint density at radius 1 is 1.20 bits per heavy atom. The van der Waals surface area contributed by atoms with Gasteiger partial charge in [0, 0.05) is 23.9 Å². The van der Waals surface area contributed by atoms with Crippen LogP contribution >= 0.6 is 11.6 Å². The second kappa shape index (κ2) is 6.57. The lowest BCUT2D eigenvalue weighted by Crippen LogP contribution is -2.03. The summed E-state index contributed by atoms with van der Waals surface area (Å²) in [4.78, 5) is 0. The number of nitrogens with one attached hydrogen (secondary N) is 1. The van der Waals surface area contributed by atoms with Crippen LogP contribution < -0.4 is 10.1 Å². The van der Waals surface area contributed by atoms with Gasteiger partial charge in [-0.3, -0.25) is 0 Å². The summed E-state index contributed by atoms with van der Waals surface area (Å²) in [6, 6.07) is 9.30. The zero-order valence-corrected chi connectivity index (χ0v) is 11.7. The average Bonchev–Trinajstić information content (AvgIpc) is 2.43. The lowest BCUT2D eigenvalue weighted by Gasteiger charge is -2.10. The lowest BCUT2D eigenvalue weighted by atomic mass is 10.2. The fraction of sp³-hybridized carbons (Fsp3) is 0.200. The van der Waals surface area contributed by atoms with Crippen LogP contribution in [-0.2, 0) is 6.54 Å². The van der Waals surface area contributed by atoms with Crippen molar-refractivity contribution in [2.45, 2.75) is 13.5 Å². The van der Waals surface area contributed by atoms with Gasteiger partial charge in [0.15, 0.2) is 11.6 Å². The molecule has 20 heavy (non-hydrogen) atoms. The van der Waals surface area contributed by atoms with Crippen molar-refractivity contribution in [2.24, 2.45) is 0 Å². The molecule has 0 saturated carbocycles. The Balaban J connectivity index is 2.07. The van der Waals surface area contributed by atoms with Crippen molar-refractivity contribution in [3.05, 3.63) is 58.6 Å². The van der Waals surface area contributed by atoms with Crippen LogP contribution in [0.4, 0.5) is 14.5 Å². The van der Waals surface area contributed by atoms with Crippen LogP contribution in [0.25, 0.3) is 0 Å². The first-order valence-electron chi connectivity index (χ1n) is 6.21. The predicted molar refractivity (Wildman–Crippen MR) is 76.3 cm³/mol. The van der Waals surface area contributed by atoms with E-state index in [2.05, 4.69) is 5.32 Å². The quantitative estimate of drug-likeness (QED) is 0.869. The summed E-state index contributed by atoms with van der Waals surface area (Å²) >= 11 is 5.70. The third-order valence-corrected chi connectivity index (χ3v) is 3.04. The van der Waals surface area contributed by atoms with Gasteiger partial charge in [-0.25, -0.2) is 8.78 Å². The van der Waals surface area contributed by atoms with Crippen molar-refractivity contribution in [3.63, 3.8) is 0 Å². The van der Waals surface area contributed by atoms with Gasteiger partial charge in [-0.2, -0.15) is 0 Å². The standard InChI is InChI=1S/C15H14ClF2NO/c1-2-20-14-7-6-11(8-13(14)17)19-9-10-4-3-5-12(16)15(10)18/h3-8,19H,2,9H2,1H3. The van der Waals surface area contributed by atoms with Crippen molar-refractivity contribution in [3.8, 4) is 5.75 Å². The van der Waals surface area contributed by atoms with Gasteiger partial charge in [0.1, 0.15) is 5.82 Å². The molecule has 1 N–H and O–H groups in total. The smallest absolute Gasteiger partial charge is 0.167 e. The van der Waals surface area contributed by atoms with Crippen molar-refractivity contribution < 1.29 is 13.5 Å². The molecule has 0 saturated heterocycles. The molecule has 0 radical (unpaired) electrons. The summed E-state index contributed by atoms with van der Waals surface area (Å²) in [6.07, 6.45) is 0. The van der Waals surface area contributed by atoms with Gasteiger partial charge in [-0.05, 0) is 25.1 Å². The summed E-state index contributed by atoms with van der Waals surface area (Å²) in [5.41, 5.74) is 0.970. The fourth-order valence-electron chi connectivity index (χ4n) is 1.77. The summed E-state index contributed by atoms with van der Waals surface area (Å²) in [6.45, 7) is 2.41. The SMILES string of the molecule is CCOc1ccc(NCc2cccc(Cl)c2F)cc1F. The van der Waals surface area contributed by atoms with E-state index < -0.39 is 11.6 Å². The second-order valence-corrected chi connectivity index (χ2v) is 4.55. The molecule has 106 valence electrons. The van der Waals surface area contributed by atoms with Gasteiger partial charge >= 0.3 is 0 Å². The van der Waals surface area contributed by atoms with Crippen molar-refractivity contribution in [1.82, 2.24) is 0 Å². The maximum Gasteiger partial charge on any atom is 0.167 e. The summed E-state index contributed by atoms with van der Waals surface area (Å²) in [7, 11) is 0. The van der Waals surface area contributed by atoms with E-state index in [4.69, 9.17) is 16.3 Å². The van der Waals surface area contributed by atoms with Gasteiger partial charge < -0.3 is 10.1 Å². The normalized spacial score (nSPS) is 10.4. The Kier molecular flexibility index (Phi) is 4.79. The van der Waals surface area contributed by atoms with Crippen LogP contribution in [0.15, 0.2) is 36.4 Å². The van der Waals surface area contributed by atoms with Crippen molar-refractivity contribution >= 4 is 17.3 Å². The molecular formula is C15H14ClF2NO. The highest BCUT2D eigenvalue weighted by Crippen LogP contribution is 2.23. The van der Waals surface area contributed by atoms with Crippen molar-refractivity contribution in [1.29, 1.82) is 0 Å². The minimum atomic E-state index is -0.465. The van der Waals surface area contributed by atoms with Gasteiger partial charge in [-0.15, -0.1) is 0 Å². The molecule has 2 nitrogen and oxygen atoms in total.